The minimum atomic E-state index is 0.665. The van der Waals surface area contributed by atoms with E-state index in [0.29, 0.717) is 5.71 Å². The van der Waals surface area contributed by atoms with Crippen molar-refractivity contribution in [3.8, 4) is 0 Å². The molecule has 0 aromatic heterocycles. The molecule has 1 N–H and O–H groups in total. The summed E-state index contributed by atoms with van der Waals surface area (Å²) in [7, 11) is 1.50. The fraction of sp³-hybridized carbons (Fsp3) is 0.714. The first-order valence-corrected chi connectivity index (χ1v) is 3.70. The van der Waals surface area contributed by atoms with E-state index in [1.165, 1.54) is 7.11 Å². The van der Waals surface area contributed by atoms with E-state index in [-0.39, 0.29) is 0 Å². The highest BCUT2D eigenvalue weighted by molar-refractivity contribution is 6.42. The van der Waals surface area contributed by atoms with Crippen LogP contribution in [0.5, 0.6) is 0 Å². The zero-order chi connectivity index (χ0) is 8.10. The van der Waals surface area contributed by atoms with Crippen molar-refractivity contribution in [3.05, 3.63) is 0 Å². The summed E-state index contributed by atoms with van der Waals surface area (Å²) in [6, 6.07) is 0. The van der Waals surface area contributed by atoms with Crippen LogP contribution in [0, 0.1) is 0 Å². The van der Waals surface area contributed by atoms with Gasteiger partial charge < -0.3 is 10.0 Å². The molecule has 1 aliphatic carbocycles. The Labute approximate surface area is 65.5 Å². The van der Waals surface area contributed by atoms with Crippen molar-refractivity contribution in [3.63, 3.8) is 0 Å². The number of nitrogens with zero attached hydrogens (tertiary/aromatic N) is 2. The van der Waals surface area contributed by atoms with Gasteiger partial charge in [0.2, 0.25) is 0 Å². The molecule has 1 rings (SSSR count). The predicted molar refractivity (Wildman–Crippen MR) is 42.1 cm³/mol. The molecule has 0 atom stereocenters. The molecule has 11 heavy (non-hydrogen) atoms. The summed E-state index contributed by atoms with van der Waals surface area (Å²) in [5.74, 6) is 0. The lowest BCUT2D eigenvalue weighted by Crippen LogP contribution is -2.19. The molecule has 62 valence electrons. The summed E-state index contributed by atoms with van der Waals surface area (Å²) in [6.07, 6.45) is 3.83. The molecule has 1 aliphatic rings. The fourth-order valence-electron chi connectivity index (χ4n) is 1.19. The van der Waals surface area contributed by atoms with Crippen molar-refractivity contribution in [2.24, 2.45) is 10.3 Å². The SMILES string of the molecule is CO/N=C1\CCCC\C1=N/O. The van der Waals surface area contributed by atoms with Crippen LogP contribution in [0.1, 0.15) is 25.7 Å². The lowest BCUT2D eigenvalue weighted by atomic mass is 9.97. The van der Waals surface area contributed by atoms with Gasteiger partial charge in [0.1, 0.15) is 18.5 Å². The van der Waals surface area contributed by atoms with E-state index in [0.717, 1.165) is 31.4 Å². The van der Waals surface area contributed by atoms with Gasteiger partial charge in [-0.25, -0.2) is 0 Å². The molecule has 4 nitrogen and oxygen atoms in total. The van der Waals surface area contributed by atoms with E-state index in [2.05, 4.69) is 15.1 Å². The molecular formula is C7H12N2O2. The summed E-state index contributed by atoms with van der Waals surface area (Å²) in [4.78, 5) is 4.61. The van der Waals surface area contributed by atoms with E-state index in [4.69, 9.17) is 5.21 Å². The fourth-order valence-corrected chi connectivity index (χ4v) is 1.19. The van der Waals surface area contributed by atoms with Gasteiger partial charge in [0.25, 0.3) is 0 Å². The topological polar surface area (TPSA) is 54.2 Å². The summed E-state index contributed by atoms with van der Waals surface area (Å²) >= 11 is 0. The predicted octanol–water partition coefficient (Wildman–Crippen LogP) is 1.39. The molecule has 0 saturated heterocycles. The second-order valence-electron chi connectivity index (χ2n) is 2.47. The molecule has 0 spiro atoms. The van der Waals surface area contributed by atoms with Crippen LogP contribution < -0.4 is 0 Å². The summed E-state index contributed by atoms with van der Waals surface area (Å²) in [5, 5.41) is 15.5. The maximum atomic E-state index is 8.54. The Morgan fingerprint density at radius 2 is 1.91 bits per heavy atom. The Balaban J connectivity index is 2.67. The Hall–Kier alpha value is -1.06. The maximum absolute atomic E-state index is 8.54. The van der Waals surface area contributed by atoms with Crippen molar-refractivity contribution in [2.75, 3.05) is 7.11 Å². The van der Waals surface area contributed by atoms with Crippen molar-refractivity contribution in [1.29, 1.82) is 0 Å². The third-order valence-electron chi connectivity index (χ3n) is 1.73. The average molecular weight is 156 g/mol. The van der Waals surface area contributed by atoms with Crippen molar-refractivity contribution in [2.45, 2.75) is 25.7 Å². The van der Waals surface area contributed by atoms with Gasteiger partial charge in [-0.3, -0.25) is 0 Å². The molecule has 4 heteroatoms. The number of hydrogen-bond acceptors (Lipinski definition) is 4. The van der Waals surface area contributed by atoms with Gasteiger partial charge in [-0.15, -0.1) is 0 Å². The summed E-state index contributed by atoms with van der Waals surface area (Å²) < 4.78 is 0. The number of hydrogen-bond donors (Lipinski definition) is 1. The number of oxime groups is 2. The lowest BCUT2D eigenvalue weighted by molar-refractivity contribution is 0.213. The van der Waals surface area contributed by atoms with E-state index in [1.54, 1.807) is 0 Å². The summed E-state index contributed by atoms with van der Waals surface area (Å²) in [6.45, 7) is 0. The zero-order valence-electron chi connectivity index (χ0n) is 6.58. The smallest absolute Gasteiger partial charge is 0.106 e. The highest BCUT2D eigenvalue weighted by Crippen LogP contribution is 2.13. The molecule has 1 fully saturated rings. The summed E-state index contributed by atoms with van der Waals surface area (Å²) in [5.41, 5.74) is 1.44. The number of rotatable bonds is 1. The first-order valence-electron chi connectivity index (χ1n) is 3.70. The van der Waals surface area contributed by atoms with Crippen LogP contribution in [0.3, 0.4) is 0 Å². The monoisotopic (exact) mass is 156 g/mol. The van der Waals surface area contributed by atoms with Gasteiger partial charge in [0.05, 0.1) is 0 Å². The maximum Gasteiger partial charge on any atom is 0.106 e. The first kappa shape index (κ1) is 8.04. The van der Waals surface area contributed by atoms with E-state index in [1.807, 2.05) is 0 Å². The quantitative estimate of drug-likeness (QED) is 0.460. The molecule has 0 amide bonds. The molecule has 1 saturated carbocycles. The molecular weight excluding hydrogens is 144 g/mol. The van der Waals surface area contributed by atoms with Gasteiger partial charge >= 0.3 is 0 Å². The Bertz CT molecular complexity index is 187. The van der Waals surface area contributed by atoms with Crippen LogP contribution >= 0.6 is 0 Å². The molecule has 0 heterocycles. The van der Waals surface area contributed by atoms with Crippen LogP contribution in [-0.4, -0.2) is 23.7 Å². The molecule has 0 aliphatic heterocycles. The lowest BCUT2D eigenvalue weighted by Gasteiger charge is -2.12. The Kier molecular flexibility index (Phi) is 2.89. The van der Waals surface area contributed by atoms with Crippen molar-refractivity contribution >= 4 is 11.4 Å². The van der Waals surface area contributed by atoms with E-state index < -0.39 is 0 Å². The minimum absolute atomic E-state index is 0.665. The third-order valence-corrected chi connectivity index (χ3v) is 1.73. The van der Waals surface area contributed by atoms with Crippen LogP contribution in [0.4, 0.5) is 0 Å². The average Bonchev–Trinajstić information content (AvgIpc) is 2.06. The van der Waals surface area contributed by atoms with Gasteiger partial charge in [0.15, 0.2) is 0 Å². The molecule has 0 unspecified atom stereocenters. The first-order chi connectivity index (χ1) is 5.38. The van der Waals surface area contributed by atoms with Gasteiger partial charge in [-0.2, -0.15) is 0 Å². The Morgan fingerprint density at radius 1 is 1.27 bits per heavy atom. The van der Waals surface area contributed by atoms with Crippen LogP contribution in [0.15, 0.2) is 10.3 Å². The van der Waals surface area contributed by atoms with E-state index >= 15 is 0 Å². The van der Waals surface area contributed by atoms with Gasteiger partial charge in [0, 0.05) is 0 Å². The molecule has 0 bridgehead atoms. The van der Waals surface area contributed by atoms with Gasteiger partial charge in [-0.05, 0) is 25.7 Å². The third kappa shape index (κ3) is 1.93. The molecule has 0 radical (unpaired) electrons. The van der Waals surface area contributed by atoms with Crippen molar-refractivity contribution < 1.29 is 10.0 Å². The standard InChI is InChI=1S/C7H12N2O2/c1-11-9-7-5-3-2-4-6(7)8-10/h10H,2-5H2,1H3/b8-6+,9-7+. The second kappa shape index (κ2) is 3.95. The van der Waals surface area contributed by atoms with Crippen LogP contribution in [-0.2, 0) is 4.84 Å². The molecule has 0 aromatic carbocycles. The largest absolute Gasteiger partial charge is 0.411 e. The van der Waals surface area contributed by atoms with Crippen LogP contribution in [0.25, 0.3) is 0 Å². The van der Waals surface area contributed by atoms with Crippen LogP contribution in [0.2, 0.25) is 0 Å². The highest BCUT2D eigenvalue weighted by atomic mass is 16.6. The zero-order valence-corrected chi connectivity index (χ0v) is 6.58. The minimum Gasteiger partial charge on any atom is -0.411 e. The van der Waals surface area contributed by atoms with Gasteiger partial charge in [-0.1, -0.05) is 10.3 Å². The highest BCUT2D eigenvalue weighted by Gasteiger charge is 2.15. The second-order valence-corrected chi connectivity index (χ2v) is 2.47. The normalized spacial score (nSPS) is 25.9. The Morgan fingerprint density at radius 3 is 2.45 bits per heavy atom. The molecule has 0 aromatic rings. The van der Waals surface area contributed by atoms with Crippen molar-refractivity contribution in [1.82, 2.24) is 0 Å². The van der Waals surface area contributed by atoms with E-state index in [9.17, 15) is 0 Å².